The summed E-state index contributed by atoms with van der Waals surface area (Å²) >= 11 is 3.50. The fraction of sp³-hybridized carbons (Fsp3) is 0.238. The summed E-state index contributed by atoms with van der Waals surface area (Å²) in [5.74, 6) is 0.247. The molecule has 7 nitrogen and oxygen atoms in total. The first-order valence-corrected chi connectivity index (χ1v) is 10.2. The second-order valence-electron chi connectivity index (χ2n) is 7.00. The van der Waals surface area contributed by atoms with Gasteiger partial charge in [-0.25, -0.2) is 9.97 Å². The first-order chi connectivity index (χ1) is 14.1. The molecule has 0 spiro atoms. The summed E-state index contributed by atoms with van der Waals surface area (Å²) in [5, 5.41) is 10.7. The second-order valence-corrected chi connectivity index (χ2v) is 7.92. The number of hydrogen-bond donors (Lipinski definition) is 1. The number of anilines is 1. The standard InChI is InChI=1S/C21H22BrN7/c1-28-9-11-29(12-10-28)27-26-18-7-5-15(6-8-18)19-14-20(25-21(23)24-19)16-3-2-4-17(22)13-16/h2-8,13-14H,9-12H2,1H3,(H2,23,24,25). The van der Waals surface area contributed by atoms with Crippen LogP contribution in [0.5, 0.6) is 0 Å². The summed E-state index contributed by atoms with van der Waals surface area (Å²) < 4.78 is 0.990. The van der Waals surface area contributed by atoms with Crippen LogP contribution in [0.1, 0.15) is 0 Å². The lowest BCUT2D eigenvalue weighted by Gasteiger charge is -2.29. The van der Waals surface area contributed by atoms with Crippen LogP contribution in [-0.4, -0.2) is 53.1 Å². The Kier molecular flexibility index (Phi) is 5.82. The van der Waals surface area contributed by atoms with Gasteiger partial charge in [0.2, 0.25) is 5.95 Å². The normalized spacial score (nSPS) is 15.2. The highest BCUT2D eigenvalue weighted by molar-refractivity contribution is 9.10. The monoisotopic (exact) mass is 451 g/mol. The van der Waals surface area contributed by atoms with E-state index in [-0.39, 0.29) is 5.95 Å². The van der Waals surface area contributed by atoms with Gasteiger partial charge in [0.15, 0.2) is 0 Å². The molecule has 2 aromatic carbocycles. The molecule has 1 aliphatic heterocycles. The molecule has 1 saturated heterocycles. The van der Waals surface area contributed by atoms with Crippen LogP contribution in [0.15, 0.2) is 69.4 Å². The fourth-order valence-corrected chi connectivity index (χ4v) is 3.51. The van der Waals surface area contributed by atoms with Crippen molar-refractivity contribution in [3.05, 3.63) is 59.1 Å². The molecule has 1 aromatic heterocycles. The summed E-state index contributed by atoms with van der Waals surface area (Å²) in [6.07, 6.45) is 0. The van der Waals surface area contributed by atoms with Crippen LogP contribution in [0.3, 0.4) is 0 Å². The Morgan fingerprint density at radius 3 is 2.28 bits per heavy atom. The molecule has 29 heavy (non-hydrogen) atoms. The zero-order chi connectivity index (χ0) is 20.2. The van der Waals surface area contributed by atoms with Gasteiger partial charge in [-0.15, -0.1) is 5.11 Å². The van der Waals surface area contributed by atoms with Crippen molar-refractivity contribution in [2.45, 2.75) is 0 Å². The predicted molar refractivity (Wildman–Crippen MR) is 119 cm³/mol. The molecule has 148 valence electrons. The number of likely N-dealkylation sites (N-methyl/N-ethyl adjacent to an activating group) is 1. The number of nitrogens with zero attached hydrogens (tertiary/aromatic N) is 6. The van der Waals surface area contributed by atoms with Crippen molar-refractivity contribution in [2.24, 2.45) is 10.3 Å². The summed E-state index contributed by atoms with van der Waals surface area (Å²) in [4.78, 5) is 11.1. The molecule has 0 atom stereocenters. The zero-order valence-corrected chi connectivity index (χ0v) is 17.7. The number of halogens is 1. The van der Waals surface area contributed by atoms with Crippen LogP contribution in [0, 0.1) is 0 Å². The lowest BCUT2D eigenvalue weighted by molar-refractivity contribution is 0.150. The van der Waals surface area contributed by atoms with E-state index in [9.17, 15) is 0 Å². The predicted octanol–water partition coefficient (Wildman–Crippen LogP) is 4.40. The van der Waals surface area contributed by atoms with Crippen molar-refractivity contribution in [2.75, 3.05) is 39.0 Å². The summed E-state index contributed by atoms with van der Waals surface area (Å²) in [7, 11) is 2.12. The molecule has 0 unspecified atom stereocenters. The van der Waals surface area contributed by atoms with Crippen molar-refractivity contribution in [1.29, 1.82) is 0 Å². The SMILES string of the molecule is CN1CCN(N=Nc2ccc(-c3cc(-c4cccc(Br)c4)nc(N)n3)cc2)CC1. The van der Waals surface area contributed by atoms with Gasteiger partial charge >= 0.3 is 0 Å². The number of benzene rings is 2. The fourth-order valence-electron chi connectivity index (χ4n) is 3.11. The largest absolute Gasteiger partial charge is 0.368 e. The quantitative estimate of drug-likeness (QED) is 0.594. The van der Waals surface area contributed by atoms with E-state index in [2.05, 4.69) is 48.2 Å². The Balaban J connectivity index is 1.53. The molecule has 8 heteroatoms. The van der Waals surface area contributed by atoms with Gasteiger partial charge in [0.1, 0.15) is 0 Å². The highest BCUT2D eigenvalue weighted by Gasteiger charge is 2.12. The molecule has 0 bridgehead atoms. The number of aromatic nitrogens is 2. The van der Waals surface area contributed by atoms with Gasteiger partial charge in [-0.3, -0.25) is 5.01 Å². The van der Waals surface area contributed by atoms with E-state index in [1.54, 1.807) is 0 Å². The van der Waals surface area contributed by atoms with Crippen molar-refractivity contribution in [1.82, 2.24) is 19.9 Å². The van der Waals surface area contributed by atoms with Crippen LogP contribution < -0.4 is 5.73 Å². The molecular weight excluding hydrogens is 430 g/mol. The first kappa shape index (κ1) is 19.5. The van der Waals surface area contributed by atoms with Crippen LogP contribution >= 0.6 is 15.9 Å². The van der Waals surface area contributed by atoms with E-state index >= 15 is 0 Å². The van der Waals surface area contributed by atoms with Crippen LogP contribution in [0.4, 0.5) is 11.6 Å². The molecule has 1 aliphatic rings. The van der Waals surface area contributed by atoms with Crippen molar-refractivity contribution >= 4 is 27.6 Å². The number of hydrogen-bond acceptors (Lipinski definition) is 6. The van der Waals surface area contributed by atoms with E-state index in [0.717, 1.165) is 58.9 Å². The van der Waals surface area contributed by atoms with Gasteiger partial charge in [0.05, 0.1) is 30.2 Å². The van der Waals surface area contributed by atoms with Crippen molar-refractivity contribution < 1.29 is 0 Å². The van der Waals surface area contributed by atoms with Gasteiger partial charge in [0.25, 0.3) is 0 Å². The Morgan fingerprint density at radius 2 is 1.59 bits per heavy atom. The third kappa shape index (κ3) is 4.96. The molecular formula is C21H22BrN7. The van der Waals surface area contributed by atoms with Gasteiger partial charge in [-0.05, 0) is 37.4 Å². The van der Waals surface area contributed by atoms with E-state index in [1.807, 2.05) is 59.6 Å². The zero-order valence-electron chi connectivity index (χ0n) is 16.2. The molecule has 0 aliphatic carbocycles. The Hall–Kier alpha value is -2.84. The van der Waals surface area contributed by atoms with Crippen LogP contribution in [0.2, 0.25) is 0 Å². The third-order valence-corrected chi connectivity index (χ3v) is 5.29. The summed E-state index contributed by atoms with van der Waals surface area (Å²) in [6, 6.07) is 17.7. The molecule has 4 rings (SSSR count). The van der Waals surface area contributed by atoms with Gasteiger partial charge in [0, 0.05) is 28.7 Å². The van der Waals surface area contributed by atoms with E-state index in [1.165, 1.54) is 0 Å². The highest BCUT2D eigenvalue weighted by atomic mass is 79.9. The summed E-state index contributed by atoms with van der Waals surface area (Å²) in [6.45, 7) is 3.81. The number of nitrogen functional groups attached to an aromatic ring is 1. The maximum atomic E-state index is 5.97. The van der Waals surface area contributed by atoms with Crippen LogP contribution in [0.25, 0.3) is 22.5 Å². The highest BCUT2D eigenvalue weighted by Crippen LogP contribution is 2.27. The maximum absolute atomic E-state index is 5.97. The minimum atomic E-state index is 0.247. The lowest BCUT2D eigenvalue weighted by Crippen LogP contribution is -2.41. The number of piperazine rings is 1. The van der Waals surface area contributed by atoms with E-state index < -0.39 is 0 Å². The third-order valence-electron chi connectivity index (χ3n) is 4.79. The van der Waals surface area contributed by atoms with Crippen molar-refractivity contribution in [3.8, 4) is 22.5 Å². The molecule has 2 N–H and O–H groups in total. The average Bonchev–Trinajstić information content (AvgIpc) is 2.73. The Morgan fingerprint density at radius 1 is 0.897 bits per heavy atom. The first-order valence-electron chi connectivity index (χ1n) is 9.43. The lowest BCUT2D eigenvalue weighted by atomic mass is 10.1. The van der Waals surface area contributed by atoms with Gasteiger partial charge in [-0.2, -0.15) is 0 Å². The second kappa shape index (κ2) is 8.67. The molecule has 0 amide bonds. The van der Waals surface area contributed by atoms with E-state index in [4.69, 9.17) is 5.73 Å². The smallest absolute Gasteiger partial charge is 0.221 e. The molecule has 3 aromatic rings. The van der Waals surface area contributed by atoms with Crippen molar-refractivity contribution in [3.63, 3.8) is 0 Å². The van der Waals surface area contributed by atoms with Gasteiger partial charge in [-0.1, -0.05) is 45.4 Å². The minimum Gasteiger partial charge on any atom is -0.368 e. The maximum Gasteiger partial charge on any atom is 0.221 e. The van der Waals surface area contributed by atoms with Crippen LogP contribution in [-0.2, 0) is 0 Å². The van der Waals surface area contributed by atoms with Gasteiger partial charge < -0.3 is 10.6 Å². The number of nitrogens with two attached hydrogens (primary N) is 1. The molecule has 0 saturated carbocycles. The number of rotatable bonds is 4. The molecule has 2 heterocycles. The Labute approximate surface area is 178 Å². The minimum absolute atomic E-state index is 0.247. The Bertz CT molecular complexity index is 1010. The molecule has 1 fully saturated rings. The van der Waals surface area contributed by atoms with E-state index in [0.29, 0.717) is 0 Å². The average molecular weight is 452 g/mol. The molecule has 0 radical (unpaired) electrons. The topological polar surface area (TPSA) is 83.0 Å². The summed E-state index contributed by atoms with van der Waals surface area (Å²) in [5.41, 5.74) is 10.3.